The zero-order valence-electron chi connectivity index (χ0n) is 20.1. The number of hydrogen-bond donors (Lipinski definition) is 1. The van der Waals surface area contributed by atoms with Crippen LogP contribution in [0.4, 0.5) is 0 Å². The number of benzene rings is 4. The largest absolute Gasteiger partial charge is 0.346 e. The Hall–Kier alpha value is -4.18. The third kappa shape index (κ3) is 4.87. The highest BCUT2D eigenvalue weighted by atomic mass is 16.1. The molecular weight excluding hydrogens is 430 g/mol. The summed E-state index contributed by atoms with van der Waals surface area (Å²) in [6.45, 7) is 4.18. The van der Waals surface area contributed by atoms with E-state index in [1.54, 1.807) is 0 Å². The van der Waals surface area contributed by atoms with Crippen LogP contribution in [0.2, 0.25) is 0 Å². The second kappa shape index (κ2) is 9.98. The first kappa shape index (κ1) is 22.6. The van der Waals surface area contributed by atoms with Gasteiger partial charge in [0.05, 0.1) is 29.5 Å². The van der Waals surface area contributed by atoms with Crippen LogP contribution < -0.4 is 5.32 Å². The fourth-order valence-electron chi connectivity index (χ4n) is 4.64. The fourth-order valence-corrected chi connectivity index (χ4v) is 4.64. The number of para-hydroxylation sites is 2. The molecule has 0 saturated carbocycles. The number of hydrogen-bond acceptors (Lipinski definition) is 2. The minimum absolute atomic E-state index is 0.0177. The molecule has 1 N–H and O–H groups in total. The first-order valence-electron chi connectivity index (χ1n) is 12.1. The molecule has 5 rings (SSSR count). The van der Waals surface area contributed by atoms with E-state index < -0.39 is 0 Å². The van der Waals surface area contributed by atoms with Crippen molar-refractivity contribution < 1.29 is 4.79 Å². The highest BCUT2D eigenvalue weighted by Crippen LogP contribution is 2.29. The van der Waals surface area contributed by atoms with Crippen LogP contribution in [0.1, 0.15) is 42.9 Å². The van der Waals surface area contributed by atoms with Crippen molar-refractivity contribution in [1.29, 1.82) is 0 Å². The number of aromatic nitrogens is 2. The summed E-state index contributed by atoms with van der Waals surface area (Å²) in [7, 11) is 0. The van der Waals surface area contributed by atoms with Gasteiger partial charge < -0.3 is 9.88 Å². The van der Waals surface area contributed by atoms with Crippen LogP contribution in [-0.2, 0) is 11.2 Å². The van der Waals surface area contributed by atoms with E-state index in [0.29, 0.717) is 6.42 Å². The second-order valence-corrected chi connectivity index (χ2v) is 8.94. The first-order chi connectivity index (χ1) is 17.1. The first-order valence-corrected chi connectivity index (χ1v) is 12.1. The molecule has 0 fully saturated rings. The molecule has 0 radical (unpaired) electrons. The molecule has 0 saturated heterocycles. The molecule has 0 aliphatic carbocycles. The average Bonchev–Trinajstić information content (AvgIpc) is 3.29. The average molecular weight is 460 g/mol. The Bertz CT molecular complexity index is 1420. The van der Waals surface area contributed by atoms with Gasteiger partial charge in [0.15, 0.2) is 0 Å². The van der Waals surface area contributed by atoms with Gasteiger partial charge in [0.2, 0.25) is 5.91 Å². The van der Waals surface area contributed by atoms with Crippen molar-refractivity contribution in [3.05, 3.63) is 126 Å². The number of rotatable bonds is 7. The van der Waals surface area contributed by atoms with Crippen LogP contribution in [-0.4, -0.2) is 15.5 Å². The van der Waals surface area contributed by atoms with E-state index in [0.717, 1.165) is 28.0 Å². The molecule has 5 aromatic rings. The topological polar surface area (TPSA) is 46.9 Å². The molecular formula is C31H29N3O. The summed E-state index contributed by atoms with van der Waals surface area (Å²) in [5.41, 5.74) is 6.50. The zero-order valence-corrected chi connectivity index (χ0v) is 20.1. The Kier molecular flexibility index (Phi) is 6.44. The maximum atomic E-state index is 13.0. The SMILES string of the molecule is CC(NC(=O)Cc1ccc(-c2ccccc2)cc1)c1nc2ccccc2n1C(C)c1ccccc1. The van der Waals surface area contributed by atoms with Gasteiger partial charge in [0, 0.05) is 0 Å². The van der Waals surface area contributed by atoms with E-state index in [9.17, 15) is 4.79 Å². The van der Waals surface area contributed by atoms with E-state index >= 15 is 0 Å². The maximum absolute atomic E-state index is 13.0. The van der Waals surface area contributed by atoms with Crippen molar-refractivity contribution >= 4 is 16.9 Å². The number of imidazole rings is 1. The summed E-state index contributed by atoms with van der Waals surface area (Å²) in [6, 6.07) is 36.8. The van der Waals surface area contributed by atoms with Crippen LogP contribution in [0.5, 0.6) is 0 Å². The van der Waals surface area contributed by atoms with Gasteiger partial charge in [-0.25, -0.2) is 4.98 Å². The van der Waals surface area contributed by atoms with Gasteiger partial charge in [-0.1, -0.05) is 97.1 Å². The Morgan fingerprint density at radius 2 is 1.37 bits per heavy atom. The Morgan fingerprint density at radius 3 is 2.09 bits per heavy atom. The van der Waals surface area contributed by atoms with Gasteiger partial charge in [-0.05, 0) is 48.2 Å². The highest BCUT2D eigenvalue weighted by molar-refractivity contribution is 5.80. The van der Waals surface area contributed by atoms with Crippen LogP contribution in [0.25, 0.3) is 22.2 Å². The van der Waals surface area contributed by atoms with Gasteiger partial charge in [-0.15, -0.1) is 0 Å². The van der Waals surface area contributed by atoms with E-state index in [-0.39, 0.29) is 18.0 Å². The van der Waals surface area contributed by atoms with Crippen molar-refractivity contribution in [2.75, 3.05) is 0 Å². The molecule has 1 aromatic heterocycles. The van der Waals surface area contributed by atoms with Crippen molar-refractivity contribution in [1.82, 2.24) is 14.9 Å². The molecule has 0 aliphatic heterocycles. The normalized spacial score (nSPS) is 12.9. The number of nitrogens with zero attached hydrogens (tertiary/aromatic N) is 2. The monoisotopic (exact) mass is 459 g/mol. The number of carbonyl (C=O) groups excluding carboxylic acids is 1. The number of fused-ring (bicyclic) bond motifs is 1. The van der Waals surface area contributed by atoms with Crippen LogP contribution in [0.3, 0.4) is 0 Å². The molecule has 4 aromatic carbocycles. The zero-order chi connectivity index (χ0) is 24.2. The Balaban J connectivity index is 1.35. The fraction of sp³-hybridized carbons (Fsp3) is 0.161. The molecule has 35 heavy (non-hydrogen) atoms. The van der Waals surface area contributed by atoms with Crippen molar-refractivity contribution in [3.63, 3.8) is 0 Å². The van der Waals surface area contributed by atoms with Crippen LogP contribution in [0.15, 0.2) is 109 Å². The molecule has 1 amide bonds. The number of carbonyl (C=O) groups is 1. The lowest BCUT2D eigenvalue weighted by Gasteiger charge is -2.22. The van der Waals surface area contributed by atoms with Crippen LogP contribution >= 0.6 is 0 Å². The molecule has 4 heteroatoms. The van der Waals surface area contributed by atoms with Gasteiger partial charge in [-0.2, -0.15) is 0 Å². The lowest BCUT2D eigenvalue weighted by Crippen LogP contribution is -2.30. The van der Waals surface area contributed by atoms with Crippen LogP contribution in [0, 0.1) is 0 Å². The molecule has 0 spiro atoms. The second-order valence-electron chi connectivity index (χ2n) is 8.94. The quantitative estimate of drug-likeness (QED) is 0.293. The maximum Gasteiger partial charge on any atom is 0.224 e. The van der Waals surface area contributed by atoms with Crippen molar-refractivity contribution in [2.45, 2.75) is 32.4 Å². The molecule has 4 nitrogen and oxygen atoms in total. The third-order valence-corrected chi connectivity index (χ3v) is 6.48. The Morgan fingerprint density at radius 1 is 0.771 bits per heavy atom. The number of nitrogens with one attached hydrogen (secondary N) is 1. The van der Waals surface area contributed by atoms with Crippen molar-refractivity contribution in [3.8, 4) is 11.1 Å². The summed E-state index contributed by atoms with van der Waals surface area (Å²) >= 11 is 0. The van der Waals surface area contributed by atoms with Gasteiger partial charge in [0.25, 0.3) is 0 Å². The molecule has 2 atom stereocenters. The van der Waals surface area contributed by atoms with Gasteiger partial charge >= 0.3 is 0 Å². The predicted octanol–water partition coefficient (Wildman–Crippen LogP) is 6.73. The minimum Gasteiger partial charge on any atom is -0.346 e. The highest BCUT2D eigenvalue weighted by Gasteiger charge is 2.22. The van der Waals surface area contributed by atoms with Crippen molar-refractivity contribution in [2.24, 2.45) is 0 Å². The standard InChI is InChI=1S/C31H29N3O/c1-22(32-30(35)21-24-17-19-27(20-18-24)26-13-7-4-8-14-26)31-33-28-15-9-10-16-29(28)34(31)23(2)25-11-5-3-6-12-25/h3-20,22-23H,21H2,1-2H3,(H,32,35). The van der Waals surface area contributed by atoms with Gasteiger partial charge in [0.1, 0.15) is 5.82 Å². The Labute approximate surface area is 206 Å². The van der Waals surface area contributed by atoms with E-state index in [1.807, 2.05) is 61.5 Å². The lowest BCUT2D eigenvalue weighted by atomic mass is 10.0. The van der Waals surface area contributed by atoms with Gasteiger partial charge in [-0.3, -0.25) is 4.79 Å². The molecule has 1 heterocycles. The minimum atomic E-state index is -0.232. The summed E-state index contributed by atoms with van der Waals surface area (Å²) in [6.07, 6.45) is 0.327. The smallest absolute Gasteiger partial charge is 0.224 e. The number of amides is 1. The predicted molar refractivity (Wildman–Crippen MR) is 142 cm³/mol. The van der Waals surface area contributed by atoms with E-state index in [2.05, 4.69) is 71.4 Å². The molecule has 0 bridgehead atoms. The molecule has 2 unspecified atom stereocenters. The summed E-state index contributed by atoms with van der Waals surface area (Å²) in [5.74, 6) is 0.839. The summed E-state index contributed by atoms with van der Waals surface area (Å²) < 4.78 is 2.24. The molecule has 0 aliphatic rings. The van der Waals surface area contributed by atoms with E-state index in [1.165, 1.54) is 11.1 Å². The summed E-state index contributed by atoms with van der Waals surface area (Å²) in [4.78, 5) is 17.9. The summed E-state index contributed by atoms with van der Waals surface area (Å²) in [5, 5.41) is 3.18. The molecule has 174 valence electrons. The van der Waals surface area contributed by atoms with E-state index in [4.69, 9.17) is 4.98 Å². The lowest BCUT2D eigenvalue weighted by molar-refractivity contribution is -0.121. The third-order valence-electron chi connectivity index (χ3n) is 6.48.